The van der Waals surface area contributed by atoms with Crippen LogP contribution in [-0.4, -0.2) is 64.0 Å². The van der Waals surface area contributed by atoms with Crippen LogP contribution in [0.15, 0.2) is 0 Å². The number of Topliss-reactive ketones (excluding diaryl/α,β-unsaturated/α-hetero) is 1. The number of ketones is 1. The normalized spacial score (nSPS) is 28.5. The van der Waals surface area contributed by atoms with Crippen LogP contribution >= 0.6 is 0 Å². The number of carbonyl (C=O) groups excluding carboxylic acids is 4. The zero-order valence-electron chi connectivity index (χ0n) is 14.4. The highest BCUT2D eigenvalue weighted by atomic mass is 16.2. The zero-order chi connectivity index (χ0) is 18.4. The van der Waals surface area contributed by atoms with Crippen LogP contribution in [0, 0.1) is 12.3 Å². The Morgan fingerprint density at radius 1 is 1.32 bits per heavy atom. The molecule has 3 aliphatic rings. The van der Waals surface area contributed by atoms with E-state index in [-0.39, 0.29) is 36.6 Å². The molecule has 8 heteroatoms. The van der Waals surface area contributed by atoms with Crippen LogP contribution in [0.1, 0.15) is 39.0 Å². The Morgan fingerprint density at radius 2 is 2.00 bits per heavy atom. The molecule has 3 atom stereocenters. The van der Waals surface area contributed by atoms with Crippen molar-refractivity contribution in [3.05, 3.63) is 6.42 Å². The lowest BCUT2D eigenvalue weighted by Crippen LogP contribution is -2.60. The minimum atomic E-state index is -0.838. The third-order valence-electron chi connectivity index (χ3n) is 5.77. The maximum absolute atomic E-state index is 12.7. The maximum atomic E-state index is 12.7. The second-order valence-electron chi connectivity index (χ2n) is 7.48. The van der Waals surface area contributed by atoms with Crippen LogP contribution in [-0.2, 0) is 19.2 Å². The van der Waals surface area contributed by atoms with Crippen molar-refractivity contribution >= 4 is 23.5 Å². The largest absolute Gasteiger partial charge is 0.369 e. The smallest absolute Gasteiger partial charge is 0.243 e. The zero-order valence-corrected chi connectivity index (χ0v) is 14.4. The molecule has 2 saturated heterocycles. The molecule has 0 aromatic carbocycles. The molecule has 1 saturated carbocycles. The average molecular weight is 349 g/mol. The van der Waals surface area contributed by atoms with Gasteiger partial charge in [-0.2, -0.15) is 0 Å². The third kappa shape index (κ3) is 3.03. The van der Waals surface area contributed by atoms with Gasteiger partial charge in [0.2, 0.25) is 17.7 Å². The molecule has 2 aliphatic heterocycles. The van der Waals surface area contributed by atoms with Gasteiger partial charge in [0.15, 0.2) is 5.78 Å². The van der Waals surface area contributed by atoms with Crippen LogP contribution in [0.3, 0.4) is 0 Å². The van der Waals surface area contributed by atoms with E-state index >= 15 is 0 Å². The standard InChI is InChI=1S/C17H25N4O4/c1-10(15(18)24)3-4-13(23)20-8-5-11-14(20)12(22)9-21(11)16(25)17(19)6-2-7-17/h4,10-11,14H,2-3,5-9,19H2,1H3,(H2,18,24). The molecular weight excluding hydrogens is 324 g/mol. The lowest BCUT2D eigenvalue weighted by atomic mass is 9.76. The number of amides is 3. The summed E-state index contributed by atoms with van der Waals surface area (Å²) < 4.78 is 0. The van der Waals surface area contributed by atoms with Crippen molar-refractivity contribution < 1.29 is 19.2 Å². The van der Waals surface area contributed by atoms with Crippen LogP contribution in [0.2, 0.25) is 0 Å². The summed E-state index contributed by atoms with van der Waals surface area (Å²) in [6.07, 6.45) is 4.44. The van der Waals surface area contributed by atoms with Gasteiger partial charge in [0.05, 0.1) is 24.5 Å². The molecule has 137 valence electrons. The van der Waals surface area contributed by atoms with E-state index in [0.29, 0.717) is 25.8 Å². The molecule has 2 heterocycles. The van der Waals surface area contributed by atoms with Gasteiger partial charge in [0, 0.05) is 12.5 Å². The van der Waals surface area contributed by atoms with Gasteiger partial charge in [-0.3, -0.25) is 19.2 Å². The molecule has 0 aromatic rings. The Bertz CT molecular complexity index is 616. The van der Waals surface area contributed by atoms with Gasteiger partial charge >= 0.3 is 0 Å². The molecule has 8 nitrogen and oxygen atoms in total. The summed E-state index contributed by atoms with van der Waals surface area (Å²) in [6.45, 7) is 2.09. The lowest BCUT2D eigenvalue weighted by molar-refractivity contribution is -0.141. The van der Waals surface area contributed by atoms with Crippen molar-refractivity contribution in [3.63, 3.8) is 0 Å². The minimum absolute atomic E-state index is 0.0224. The molecule has 0 bridgehead atoms. The molecule has 3 fully saturated rings. The van der Waals surface area contributed by atoms with Crippen LogP contribution in [0.4, 0.5) is 0 Å². The lowest BCUT2D eigenvalue weighted by Gasteiger charge is -2.40. The first-order valence-electron chi connectivity index (χ1n) is 8.80. The molecule has 25 heavy (non-hydrogen) atoms. The number of nitrogens with two attached hydrogens (primary N) is 2. The van der Waals surface area contributed by atoms with Crippen molar-refractivity contribution in [1.82, 2.24) is 9.80 Å². The predicted octanol–water partition coefficient (Wildman–Crippen LogP) is -1.04. The molecule has 4 N–H and O–H groups in total. The topological polar surface area (TPSA) is 127 Å². The summed E-state index contributed by atoms with van der Waals surface area (Å²) >= 11 is 0. The third-order valence-corrected chi connectivity index (χ3v) is 5.77. The van der Waals surface area contributed by atoms with Gasteiger partial charge in [-0.1, -0.05) is 6.92 Å². The van der Waals surface area contributed by atoms with Crippen molar-refractivity contribution in [1.29, 1.82) is 0 Å². The summed E-state index contributed by atoms with van der Waals surface area (Å²) in [6, 6.07) is -0.882. The summed E-state index contributed by atoms with van der Waals surface area (Å²) in [5.41, 5.74) is 10.5. The number of rotatable bonds is 5. The molecule has 3 amide bonds. The van der Waals surface area contributed by atoms with Crippen LogP contribution in [0.25, 0.3) is 0 Å². The second kappa shape index (κ2) is 6.40. The summed E-state index contributed by atoms with van der Waals surface area (Å²) in [7, 11) is 0. The Balaban J connectivity index is 1.65. The van der Waals surface area contributed by atoms with Gasteiger partial charge in [-0.05, 0) is 32.1 Å². The molecule has 1 radical (unpaired) electrons. The first-order chi connectivity index (χ1) is 11.7. The van der Waals surface area contributed by atoms with E-state index in [4.69, 9.17) is 11.5 Å². The van der Waals surface area contributed by atoms with E-state index in [1.54, 1.807) is 11.8 Å². The van der Waals surface area contributed by atoms with E-state index in [1.807, 2.05) is 0 Å². The maximum Gasteiger partial charge on any atom is 0.243 e. The molecule has 1 aliphatic carbocycles. The highest BCUT2D eigenvalue weighted by Crippen LogP contribution is 2.36. The number of likely N-dealkylation sites (tertiary alicyclic amines) is 2. The van der Waals surface area contributed by atoms with Gasteiger partial charge in [-0.15, -0.1) is 0 Å². The quantitative estimate of drug-likeness (QED) is 0.656. The number of fused-ring (bicyclic) bond motifs is 1. The van der Waals surface area contributed by atoms with E-state index in [2.05, 4.69) is 0 Å². The van der Waals surface area contributed by atoms with E-state index < -0.39 is 23.4 Å². The number of hydrogen-bond donors (Lipinski definition) is 2. The van der Waals surface area contributed by atoms with Gasteiger partial charge in [0.25, 0.3) is 0 Å². The van der Waals surface area contributed by atoms with Gasteiger partial charge < -0.3 is 21.3 Å². The first-order valence-corrected chi connectivity index (χ1v) is 8.80. The van der Waals surface area contributed by atoms with E-state index in [9.17, 15) is 19.2 Å². The summed E-state index contributed by atoms with van der Waals surface area (Å²) in [5, 5.41) is 0. The molecule has 3 rings (SSSR count). The number of nitrogens with zero attached hydrogens (tertiary/aromatic N) is 2. The first kappa shape index (κ1) is 17.8. The second-order valence-corrected chi connectivity index (χ2v) is 7.48. The monoisotopic (exact) mass is 349 g/mol. The van der Waals surface area contributed by atoms with Gasteiger partial charge in [0.1, 0.15) is 6.04 Å². The van der Waals surface area contributed by atoms with Crippen molar-refractivity contribution in [2.75, 3.05) is 13.1 Å². The number of carbonyl (C=O) groups is 4. The van der Waals surface area contributed by atoms with Crippen LogP contribution < -0.4 is 11.5 Å². The van der Waals surface area contributed by atoms with Crippen molar-refractivity contribution in [2.45, 2.75) is 56.7 Å². The molecule has 3 unspecified atom stereocenters. The van der Waals surface area contributed by atoms with Crippen molar-refractivity contribution in [2.24, 2.45) is 17.4 Å². The molecule has 0 spiro atoms. The highest BCUT2D eigenvalue weighted by molar-refractivity contribution is 6.00. The fourth-order valence-electron chi connectivity index (χ4n) is 3.91. The fourth-order valence-corrected chi connectivity index (χ4v) is 3.91. The van der Waals surface area contributed by atoms with Crippen molar-refractivity contribution in [3.8, 4) is 0 Å². The van der Waals surface area contributed by atoms with Gasteiger partial charge in [-0.25, -0.2) is 0 Å². The Kier molecular flexibility index (Phi) is 4.57. The van der Waals surface area contributed by atoms with Crippen LogP contribution in [0.5, 0.6) is 0 Å². The summed E-state index contributed by atoms with van der Waals surface area (Å²) in [5.74, 6) is -1.47. The molecular formula is C17H25N4O4. The Hall–Kier alpha value is -1.96. The SMILES string of the molecule is CC(C[CH]C(=O)N1CCC2C1C(=O)CN2C(=O)C1(N)CCC1)C(N)=O. The minimum Gasteiger partial charge on any atom is -0.369 e. The Labute approximate surface area is 146 Å². The number of primary amides is 1. The number of hydrogen-bond acceptors (Lipinski definition) is 5. The Morgan fingerprint density at radius 3 is 2.56 bits per heavy atom. The van der Waals surface area contributed by atoms with E-state index in [0.717, 1.165) is 6.42 Å². The highest BCUT2D eigenvalue weighted by Gasteiger charge is 2.54. The predicted molar refractivity (Wildman–Crippen MR) is 88.7 cm³/mol. The average Bonchev–Trinajstić information content (AvgIpc) is 3.10. The molecule has 0 aromatic heterocycles. The van der Waals surface area contributed by atoms with E-state index in [1.165, 1.54) is 11.3 Å². The fraction of sp³-hybridized carbons (Fsp3) is 0.706. The summed E-state index contributed by atoms with van der Waals surface area (Å²) in [4.78, 5) is 51.7.